The van der Waals surface area contributed by atoms with Gasteiger partial charge in [0.05, 0.1) is 0 Å². The third-order valence-corrected chi connectivity index (χ3v) is 5.30. The van der Waals surface area contributed by atoms with Gasteiger partial charge in [-0.15, -0.1) is 0 Å². The van der Waals surface area contributed by atoms with E-state index in [1.54, 1.807) is 4.57 Å². The number of carbonyl (C=O) groups excluding carboxylic acids is 1. The van der Waals surface area contributed by atoms with Gasteiger partial charge in [0.1, 0.15) is 0 Å². The summed E-state index contributed by atoms with van der Waals surface area (Å²) in [4.78, 5) is 25.9. The standard InChI is InChI=1S/C16H27N3O2S/c1-13-6-3-4-9-18(13)10-5-8-17-15(20)7-11-19-14(2)12-22-16(19)21/h12-13H,3-11H2,1-2H3,(H,17,20). The van der Waals surface area contributed by atoms with Crippen molar-refractivity contribution in [1.29, 1.82) is 0 Å². The van der Waals surface area contributed by atoms with Crippen molar-refractivity contribution in [3.05, 3.63) is 20.7 Å². The Balaban J connectivity index is 1.61. The average molecular weight is 325 g/mol. The molecule has 5 nitrogen and oxygen atoms in total. The Morgan fingerprint density at radius 1 is 1.41 bits per heavy atom. The summed E-state index contributed by atoms with van der Waals surface area (Å²) >= 11 is 1.19. The lowest BCUT2D eigenvalue weighted by Gasteiger charge is -2.33. The molecule has 1 aliphatic rings. The molecule has 1 saturated heterocycles. The predicted molar refractivity (Wildman–Crippen MR) is 90.4 cm³/mol. The molecule has 0 aliphatic carbocycles. The van der Waals surface area contributed by atoms with Gasteiger partial charge < -0.3 is 14.8 Å². The van der Waals surface area contributed by atoms with Crippen LogP contribution in [0.1, 0.15) is 44.7 Å². The summed E-state index contributed by atoms with van der Waals surface area (Å²) in [6, 6.07) is 0.679. The number of nitrogens with one attached hydrogen (secondary N) is 1. The Morgan fingerprint density at radius 3 is 2.91 bits per heavy atom. The zero-order chi connectivity index (χ0) is 15.9. The number of carbonyl (C=O) groups is 1. The highest BCUT2D eigenvalue weighted by Crippen LogP contribution is 2.16. The van der Waals surface area contributed by atoms with Gasteiger partial charge in [-0.1, -0.05) is 17.8 Å². The molecule has 2 rings (SSSR count). The molecule has 1 amide bonds. The Bertz CT molecular complexity index is 538. The largest absolute Gasteiger partial charge is 0.356 e. The zero-order valence-electron chi connectivity index (χ0n) is 13.6. The van der Waals surface area contributed by atoms with Gasteiger partial charge in [0.15, 0.2) is 0 Å². The molecule has 0 radical (unpaired) electrons. The molecular weight excluding hydrogens is 298 g/mol. The monoisotopic (exact) mass is 325 g/mol. The second kappa shape index (κ2) is 8.48. The third kappa shape index (κ3) is 4.95. The van der Waals surface area contributed by atoms with E-state index < -0.39 is 0 Å². The molecule has 2 heterocycles. The van der Waals surface area contributed by atoms with Gasteiger partial charge in [-0.2, -0.15) is 0 Å². The number of hydrogen-bond acceptors (Lipinski definition) is 4. The van der Waals surface area contributed by atoms with Crippen molar-refractivity contribution in [2.45, 2.75) is 58.5 Å². The van der Waals surface area contributed by atoms with Crippen molar-refractivity contribution in [3.8, 4) is 0 Å². The first-order chi connectivity index (χ1) is 10.6. The van der Waals surface area contributed by atoms with E-state index in [0.29, 0.717) is 19.0 Å². The van der Waals surface area contributed by atoms with E-state index in [0.717, 1.165) is 25.2 Å². The zero-order valence-corrected chi connectivity index (χ0v) is 14.5. The first kappa shape index (κ1) is 17.2. The van der Waals surface area contributed by atoms with Crippen LogP contribution in [-0.2, 0) is 11.3 Å². The molecule has 0 bridgehead atoms. The van der Waals surface area contributed by atoms with Crippen molar-refractivity contribution in [1.82, 2.24) is 14.8 Å². The second-order valence-corrected chi connectivity index (χ2v) is 6.95. The molecule has 124 valence electrons. The van der Waals surface area contributed by atoms with E-state index in [4.69, 9.17) is 0 Å². The Hall–Kier alpha value is -1.14. The first-order valence-corrected chi connectivity index (χ1v) is 9.11. The summed E-state index contributed by atoms with van der Waals surface area (Å²) in [5.41, 5.74) is 0.932. The lowest BCUT2D eigenvalue weighted by molar-refractivity contribution is -0.121. The van der Waals surface area contributed by atoms with E-state index in [2.05, 4.69) is 17.1 Å². The minimum Gasteiger partial charge on any atom is -0.356 e. The lowest BCUT2D eigenvalue weighted by Crippen LogP contribution is -2.39. The SMILES string of the molecule is Cc1csc(=O)n1CCC(=O)NCCCN1CCCCC1C. The minimum absolute atomic E-state index is 0.0180. The molecule has 0 aromatic carbocycles. The maximum Gasteiger partial charge on any atom is 0.307 e. The molecular formula is C16H27N3O2S. The van der Waals surface area contributed by atoms with Gasteiger partial charge in [-0.05, 0) is 39.7 Å². The number of piperidine rings is 1. The Labute approximate surface area is 136 Å². The summed E-state index contributed by atoms with van der Waals surface area (Å²) in [5.74, 6) is 0.0317. The van der Waals surface area contributed by atoms with Gasteiger partial charge >= 0.3 is 4.87 Å². The van der Waals surface area contributed by atoms with E-state index in [1.807, 2.05) is 12.3 Å². The molecule has 1 unspecified atom stereocenters. The number of rotatable bonds is 7. The van der Waals surface area contributed by atoms with Crippen LogP contribution in [0.25, 0.3) is 0 Å². The van der Waals surface area contributed by atoms with Crippen molar-refractivity contribution in [2.24, 2.45) is 0 Å². The number of amides is 1. The van der Waals surface area contributed by atoms with Gasteiger partial charge in [0.25, 0.3) is 0 Å². The normalized spacial score (nSPS) is 19.3. The van der Waals surface area contributed by atoms with Crippen molar-refractivity contribution < 1.29 is 4.79 Å². The second-order valence-electron chi connectivity index (χ2n) is 6.13. The number of thiazole rings is 1. The van der Waals surface area contributed by atoms with E-state index >= 15 is 0 Å². The van der Waals surface area contributed by atoms with E-state index in [1.165, 1.54) is 37.1 Å². The topological polar surface area (TPSA) is 54.3 Å². The molecule has 1 aromatic rings. The lowest BCUT2D eigenvalue weighted by atomic mass is 10.0. The molecule has 1 N–H and O–H groups in total. The van der Waals surface area contributed by atoms with Crippen molar-refractivity contribution in [3.63, 3.8) is 0 Å². The molecule has 22 heavy (non-hydrogen) atoms. The Kier molecular flexibility index (Phi) is 6.64. The van der Waals surface area contributed by atoms with Gasteiger partial charge in [-0.25, -0.2) is 0 Å². The Morgan fingerprint density at radius 2 is 2.23 bits per heavy atom. The highest BCUT2D eigenvalue weighted by atomic mass is 32.1. The van der Waals surface area contributed by atoms with Crippen LogP contribution in [0.15, 0.2) is 10.2 Å². The van der Waals surface area contributed by atoms with Gasteiger partial charge in [0.2, 0.25) is 5.91 Å². The number of likely N-dealkylation sites (tertiary alicyclic amines) is 1. The maximum absolute atomic E-state index is 11.8. The summed E-state index contributed by atoms with van der Waals surface area (Å²) in [6.07, 6.45) is 5.30. The summed E-state index contributed by atoms with van der Waals surface area (Å²) in [6.45, 7) is 7.64. The molecule has 1 atom stereocenters. The molecule has 1 aliphatic heterocycles. The predicted octanol–water partition coefficient (Wildman–Crippen LogP) is 1.99. The minimum atomic E-state index is 0.0180. The first-order valence-electron chi connectivity index (χ1n) is 8.23. The number of aryl methyl sites for hydroxylation is 1. The molecule has 1 aromatic heterocycles. The number of nitrogens with zero attached hydrogens (tertiary/aromatic N) is 2. The van der Waals surface area contributed by atoms with Crippen LogP contribution in [0.3, 0.4) is 0 Å². The van der Waals surface area contributed by atoms with Crippen LogP contribution in [0.4, 0.5) is 0 Å². The van der Waals surface area contributed by atoms with Gasteiger partial charge in [-0.3, -0.25) is 9.59 Å². The highest BCUT2D eigenvalue weighted by Gasteiger charge is 2.17. The van der Waals surface area contributed by atoms with Crippen LogP contribution in [0.5, 0.6) is 0 Å². The van der Waals surface area contributed by atoms with Crippen molar-refractivity contribution >= 4 is 17.2 Å². The van der Waals surface area contributed by atoms with E-state index in [9.17, 15) is 9.59 Å². The maximum atomic E-state index is 11.8. The molecule has 6 heteroatoms. The molecule has 0 saturated carbocycles. The fraction of sp³-hybridized carbons (Fsp3) is 0.750. The molecule has 1 fully saturated rings. The van der Waals surface area contributed by atoms with Crippen LogP contribution in [0.2, 0.25) is 0 Å². The van der Waals surface area contributed by atoms with Gasteiger partial charge in [0, 0.05) is 43.2 Å². The van der Waals surface area contributed by atoms with E-state index in [-0.39, 0.29) is 10.8 Å². The summed E-state index contributed by atoms with van der Waals surface area (Å²) in [5, 5.41) is 4.79. The number of aromatic nitrogens is 1. The summed E-state index contributed by atoms with van der Waals surface area (Å²) in [7, 11) is 0. The van der Waals surface area contributed by atoms with Crippen LogP contribution >= 0.6 is 11.3 Å². The third-order valence-electron chi connectivity index (χ3n) is 4.42. The fourth-order valence-corrected chi connectivity index (χ4v) is 3.74. The number of hydrogen-bond donors (Lipinski definition) is 1. The molecule has 0 spiro atoms. The quantitative estimate of drug-likeness (QED) is 0.780. The van der Waals surface area contributed by atoms with Crippen molar-refractivity contribution in [2.75, 3.05) is 19.6 Å². The van der Waals surface area contributed by atoms with Crippen LogP contribution < -0.4 is 10.2 Å². The smallest absolute Gasteiger partial charge is 0.307 e. The van der Waals surface area contributed by atoms with Crippen LogP contribution in [-0.4, -0.2) is 41.1 Å². The fourth-order valence-electron chi connectivity index (χ4n) is 2.98. The summed E-state index contributed by atoms with van der Waals surface area (Å²) < 4.78 is 1.67. The van der Waals surface area contributed by atoms with Crippen LogP contribution in [0, 0.1) is 6.92 Å². The highest BCUT2D eigenvalue weighted by molar-refractivity contribution is 7.07. The average Bonchev–Trinajstić information content (AvgIpc) is 2.82.